The zero-order valence-corrected chi connectivity index (χ0v) is 25.3. The third-order valence-corrected chi connectivity index (χ3v) is 8.97. The van der Waals surface area contributed by atoms with Gasteiger partial charge in [-0.25, -0.2) is 22.0 Å². The van der Waals surface area contributed by atoms with Crippen LogP contribution in [0, 0.1) is 24.6 Å². The molecule has 1 N–H and O–H groups in total. The number of rotatable bonds is 10. The SMILES string of the molecule is CCC(F)(F)CNC(=O)c1ccc2c(c1C)=CN(CC1CCCC(CC(=O)c3ccc(C(C)(F)F)cc3F)C1)C(C)CC=2. The number of hydrogen-bond acceptors (Lipinski definition) is 3. The number of ketones is 1. The van der Waals surface area contributed by atoms with Crippen LogP contribution in [0.15, 0.2) is 30.3 Å². The van der Waals surface area contributed by atoms with Gasteiger partial charge >= 0.3 is 0 Å². The molecule has 4 rings (SSSR count). The second-order valence-corrected chi connectivity index (χ2v) is 12.4. The number of carbonyl (C=O) groups is 2. The minimum absolute atomic E-state index is 0.0670. The molecule has 43 heavy (non-hydrogen) atoms. The van der Waals surface area contributed by atoms with Crippen molar-refractivity contribution in [3.05, 3.63) is 68.8 Å². The molecule has 1 fully saturated rings. The Bertz CT molecular complexity index is 1470. The van der Waals surface area contributed by atoms with Gasteiger partial charge in [-0.05, 0) is 80.3 Å². The molecule has 234 valence electrons. The summed E-state index contributed by atoms with van der Waals surface area (Å²) < 4.78 is 69.2. The number of alkyl halides is 4. The molecule has 1 heterocycles. The molecular formula is C34H41F5N2O2. The zero-order chi connectivity index (χ0) is 31.5. The van der Waals surface area contributed by atoms with Crippen molar-refractivity contribution in [3.63, 3.8) is 0 Å². The molecule has 9 heteroatoms. The first kappa shape index (κ1) is 32.7. The van der Waals surface area contributed by atoms with Crippen LogP contribution in [0.3, 0.4) is 0 Å². The van der Waals surface area contributed by atoms with E-state index >= 15 is 0 Å². The van der Waals surface area contributed by atoms with E-state index in [1.54, 1.807) is 6.07 Å². The number of halogens is 5. The molecule has 0 spiro atoms. The van der Waals surface area contributed by atoms with E-state index < -0.39 is 35.7 Å². The van der Waals surface area contributed by atoms with Crippen LogP contribution in [0.5, 0.6) is 0 Å². The van der Waals surface area contributed by atoms with Crippen LogP contribution < -0.4 is 15.8 Å². The Balaban J connectivity index is 1.47. The average molecular weight is 605 g/mol. The molecule has 0 saturated heterocycles. The summed E-state index contributed by atoms with van der Waals surface area (Å²) in [5, 5.41) is 4.25. The molecule has 2 aromatic carbocycles. The Morgan fingerprint density at radius 3 is 2.42 bits per heavy atom. The second kappa shape index (κ2) is 13.2. The normalized spacial score (nSPS) is 20.9. The number of fused-ring (bicyclic) bond motifs is 1. The molecule has 2 aliphatic rings. The van der Waals surface area contributed by atoms with E-state index in [1.165, 1.54) is 13.0 Å². The first-order chi connectivity index (χ1) is 20.2. The van der Waals surface area contributed by atoms with Gasteiger partial charge < -0.3 is 10.2 Å². The topological polar surface area (TPSA) is 49.4 Å². The summed E-state index contributed by atoms with van der Waals surface area (Å²) in [4.78, 5) is 28.0. The summed E-state index contributed by atoms with van der Waals surface area (Å²) >= 11 is 0. The van der Waals surface area contributed by atoms with Crippen molar-refractivity contribution in [2.24, 2.45) is 11.8 Å². The first-order valence-corrected chi connectivity index (χ1v) is 15.1. The number of benzene rings is 2. The number of nitrogens with zero attached hydrogens (tertiary/aromatic N) is 1. The highest BCUT2D eigenvalue weighted by molar-refractivity contribution is 5.96. The van der Waals surface area contributed by atoms with Crippen LogP contribution in [0.1, 0.15) is 97.6 Å². The van der Waals surface area contributed by atoms with E-state index in [2.05, 4.69) is 29.4 Å². The summed E-state index contributed by atoms with van der Waals surface area (Å²) in [5.74, 6) is -7.60. The minimum atomic E-state index is -3.18. The van der Waals surface area contributed by atoms with Gasteiger partial charge in [-0.1, -0.05) is 31.6 Å². The molecule has 2 aromatic rings. The zero-order valence-electron chi connectivity index (χ0n) is 25.3. The highest BCUT2D eigenvalue weighted by atomic mass is 19.3. The number of nitrogens with one attached hydrogen (secondary N) is 1. The lowest BCUT2D eigenvalue weighted by atomic mass is 9.78. The summed E-state index contributed by atoms with van der Waals surface area (Å²) in [5.41, 5.74) is 0.488. The van der Waals surface area contributed by atoms with Gasteiger partial charge in [0.1, 0.15) is 5.82 Å². The van der Waals surface area contributed by atoms with Crippen molar-refractivity contribution in [1.82, 2.24) is 10.2 Å². The maximum absolute atomic E-state index is 14.6. The summed E-state index contributed by atoms with van der Waals surface area (Å²) in [7, 11) is 0. The molecule has 3 unspecified atom stereocenters. The molecule has 1 aliphatic heterocycles. The standard InChI is InChI=1S/C34H41F5N2O2/c1-5-34(38,39)20-40-32(43)27-13-11-25-10-9-21(2)41(19-29(25)22(27)3)18-24-8-6-7-23(15-24)16-31(42)28-14-12-26(17-30(28)35)33(4,36)37/h10-14,17,19,21,23-24H,5-9,15-16,18,20H2,1-4H3,(H,40,43). The van der Waals surface area contributed by atoms with E-state index in [0.717, 1.165) is 66.8 Å². The number of hydrogen-bond donors (Lipinski definition) is 1. The number of Topliss-reactive ketones (excluding diaryl/α,β-unsaturated/α-hetero) is 1. The molecular weight excluding hydrogens is 563 g/mol. The predicted octanol–water partition coefficient (Wildman–Crippen LogP) is 6.71. The lowest BCUT2D eigenvalue weighted by Gasteiger charge is -2.35. The van der Waals surface area contributed by atoms with Crippen LogP contribution in [-0.2, 0) is 5.92 Å². The highest BCUT2D eigenvalue weighted by Crippen LogP contribution is 2.34. The van der Waals surface area contributed by atoms with Crippen LogP contribution in [0.25, 0.3) is 12.3 Å². The number of carbonyl (C=O) groups excluding carboxylic acids is 2. The van der Waals surface area contributed by atoms with Gasteiger partial charge in [-0.2, -0.15) is 0 Å². The molecule has 0 bridgehead atoms. The Kier molecular flexibility index (Phi) is 10.0. The van der Waals surface area contributed by atoms with Crippen LogP contribution in [-0.4, -0.2) is 41.6 Å². The molecule has 1 saturated carbocycles. The molecule has 1 amide bonds. The van der Waals surface area contributed by atoms with Crippen molar-refractivity contribution >= 4 is 24.0 Å². The minimum Gasteiger partial charge on any atom is -0.374 e. The van der Waals surface area contributed by atoms with E-state index in [9.17, 15) is 31.5 Å². The highest BCUT2D eigenvalue weighted by Gasteiger charge is 2.30. The fraction of sp³-hybridized carbons (Fsp3) is 0.529. The van der Waals surface area contributed by atoms with Crippen LogP contribution >= 0.6 is 0 Å². The van der Waals surface area contributed by atoms with Crippen LogP contribution in [0.4, 0.5) is 22.0 Å². The monoisotopic (exact) mass is 604 g/mol. The van der Waals surface area contributed by atoms with Gasteiger partial charge in [0, 0.05) is 54.9 Å². The van der Waals surface area contributed by atoms with Crippen molar-refractivity contribution in [2.45, 2.75) is 90.5 Å². The van der Waals surface area contributed by atoms with Crippen LogP contribution in [0.2, 0.25) is 0 Å². The van der Waals surface area contributed by atoms with Crippen molar-refractivity contribution in [3.8, 4) is 0 Å². The summed E-state index contributed by atoms with van der Waals surface area (Å²) in [6.45, 7) is 6.07. The van der Waals surface area contributed by atoms with E-state index in [-0.39, 0.29) is 36.1 Å². The Morgan fingerprint density at radius 2 is 1.74 bits per heavy atom. The van der Waals surface area contributed by atoms with Gasteiger partial charge in [0.25, 0.3) is 17.8 Å². The maximum atomic E-state index is 14.6. The Morgan fingerprint density at radius 1 is 1.05 bits per heavy atom. The van der Waals surface area contributed by atoms with Crippen molar-refractivity contribution in [1.29, 1.82) is 0 Å². The third-order valence-electron chi connectivity index (χ3n) is 8.97. The smallest absolute Gasteiger partial charge is 0.270 e. The summed E-state index contributed by atoms with van der Waals surface area (Å²) in [6, 6.07) is 6.75. The lowest BCUT2D eigenvalue weighted by Crippen LogP contribution is -2.39. The first-order valence-electron chi connectivity index (χ1n) is 15.1. The molecule has 1 aliphatic carbocycles. The van der Waals surface area contributed by atoms with Gasteiger partial charge in [0.05, 0.1) is 12.1 Å². The Hall–Kier alpha value is -3.23. The largest absolute Gasteiger partial charge is 0.374 e. The van der Waals surface area contributed by atoms with Gasteiger partial charge in [-0.15, -0.1) is 0 Å². The molecule has 0 radical (unpaired) electrons. The maximum Gasteiger partial charge on any atom is 0.270 e. The predicted molar refractivity (Wildman–Crippen MR) is 158 cm³/mol. The molecule has 0 aromatic heterocycles. The van der Waals surface area contributed by atoms with Crippen molar-refractivity contribution < 1.29 is 31.5 Å². The van der Waals surface area contributed by atoms with Gasteiger partial charge in [0.2, 0.25) is 0 Å². The second-order valence-electron chi connectivity index (χ2n) is 12.4. The Labute approximate surface area is 250 Å². The molecule has 3 atom stereocenters. The molecule has 4 nitrogen and oxygen atoms in total. The third kappa shape index (κ3) is 8.03. The lowest BCUT2D eigenvalue weighted by molar-refractivity contribution is -0.00104. The van der Waals surface area contributed by atoms with E-state index in [0.29, 0.717) is 18.4 Å². The average Bonchev–Trinajstić information content (AvgIpc) is 3.10. The van der Waals surface area contributed by atoms with E-state index in [1.807, 2.05) is 13.0 Å². The number of amides is 1. The van der Waals surface area contributed by atoms with E-state index in [4.69, 9.17) is 0 Å². The fourth-order valence-corrected chi connectivity index (χ4v) is 6.17. The quantitative estimate of drug-likeness (QED) is 0.242. The summed E-state index contributed by atoms with van der Waals surface area (Å²) in [6.07, 6.45) is 8.35. The van der Waals surface area contributed by atoms with Crippen molar-refractivity contribution in [2.75, 3.05) is 13.1 Å². The fourth-order valence-electron chi connectivity index (χ4n) is 6.17. The van der Waals surface area contributed by atoms with Gasteiger partial charge in [-0.3, -0.25) is 9.59 Å². The van der Waals surface area contributed by atoms with Gasteiger partial charge in [0.15, 0.2) is 5.78 Å².